The molecule has 0 fully saturated rings. The number of hydrogen-bond acceptors (Lipinski definition) is 1. The molecule has 1 nitrogen and oxygen atoms in total. The van der Waals surface area contributed by atoms with Crippen molar-refractivity contribution in [3.05, 3.63) is 34.3 Å². The van der Waals surface area contributed by atoms with Crippen molar-refractivity contribution in [1.82, 2.24) is 5.32 Å². The topological polar surface area (TPSA) is 12.0 Å². The zero-order valence-corrected chi connectivity index (χ0v) is 12.8. The lowest BCUT2D eigenvalue weighted by Crippen LogP contribution is -2.33. The summed E-state index contributed by atoms with van der Waals surface area (Å²) in [4.78, 5) is 0. The summed E-state index contributed by atoms with van der Waals surface area (Å²) in [6, 6.07) is 8.55. The number of rotatable bonds is 7. The molecular formula is C15H24BrN. The van der Waals surface area contributed by atoms with E-state index in [1.54, 1.807) is 0 Å². The Balaban J connectivity index is 2.65. The summed E-state index contributed by atoms with van der Waals surface area (Å²) in [6.07, 6.45) is 3.53. The maximum atomic E-state index is 3.64. The summed E-state index contributed by atoms with van der Waals surface area (Å²) in [7, 11) is 0. The third-order valence-corrected chi connectivity index (χ3v) is 4.18. The summed E-state index contributed by atoms with van der Waals surface area (Å²) in [5.74, 6) is 0. The van der Waals surface area contributed by atoms with E-state index in [1.165, 1.54) is 22.9 Å². The molecule has 1 aromatic rings. The second kappa shape index (κ2) is 7.17. The van der Waals surface area contributed by atoms with Gasteiger partial charge in [0.2, 0.25) is 0 Å². The van der Waals surface area contributed by atoms with E-state index in [1.807, 2.05) is 0 Å². The van der Waals surface area contributed by atoms with Crippen molar-refractivity contribution in [1.29, 1.82) is 0 Å². The lowest BCUT2D eigenvalue weighted by atomic mass is 9.81. The van der Waals surface area contributed by atoms with Gasteiger partial charge in [-0.3, -0.25) is 0 Å². The molecule has 0 aromatic heterocycles. The van der Waals surface area contributed by atoms with Crippen molar-refractivity contribution in [2.75, 3.05) is 13.1 Å². The van der Waals surface area contributed by atoms with Gasteiger partial charge in [-0.15, -0.1) is 0 Å². The van der Waals surface area contributed by atoms with E-state index < -0.39 is 0 Å². The van der Waals surface area contributed by atoms with E-state index in [0.717, 1.165) is 19.5 Å². The van der Waals surface area contributed by atoms with Gasteiger partial charge >= 0.3 is 0 Å². The second-order valence-corrected chi connectivity index (χ2v) is 5.96. The molecule has 1 aromatic carbocycles. The fourth-order valence-corrected chi connectivity index (χ4v) is 2.41. The molecule has 0 spiro atoms. The molecule has 96 valence electrons. The molecule has 0 saturated heterocycles. The average molecular weight is 298 g/mol. The van der Waals surface area contributed by atoms with Crippen LogP contribution >= 0.6 is 15.9 Å². The van der Waals surface area contributed by atoms with Crippen molar-refractivity contribution in [3.8, 4) is 0 Å². The number of halogens is 1. The van der Waals surface area contributed by atoms with Crippen LogP contribution in [0.15, 0.2) is 28.7 Å². The Hall–Kier alpha value is -0.340. The summed E-state index contributed by atoms with van der Waals surface area (Å²) in [6.45, 7) is 9.08. The number of nitrogens with one attached hydrogen (secondary N) is 1. The van der Waals surface area contributed by atoms with Crippen LogP contribution in [0.1, 0.15) is 39.2 Å². The highest BCUT2D eigenvalue weighted by molar-refractivity contribution is 9.10. The molecule has 1 unspecified atom stereocenters. The predicted molar refractivity (Wildman–Crippen MR) is 79.4 cm³/mol. The first-order valence-electron chi connectivity index (χ1n) is 6.55. The zero-order chi connectivity index (χ0) is 12.7. The summed E-state index contributed by atoms with van der Waals surface area (Å²) >= 11 is 3.64. The van der Waals surface area contributed by atoms with E-state index in [0.29, 0.717) is 5.41 Å². The smallest absolute Gasteiger partial charge is 0.0207 e. The van der Waals surface area contributed by atoms with E-state index in [-0.39, 0.29) is 0 Å². The molecule has 1 atom stereocenters. The van der Waals surface area contributed by atoms with Gasteiger partial charge in [0.25, 0.3) is 0 Å². The molecule has 0 radical (unpaired) electrons. The first kappa shape index (κ1) is 14.7. The van der Waals surface area contributed by atoms with Gasteiger partial charge in [-0.05, 0) is 42.9 Å². The Morgan fingerprint density at radius 3 is 2.53 bits per heavy atom. The fraction of sp³-hybridized carbons (Fsp3) is 0.600. The van der Waals surface area contributed by atoms with E-state index >= 15 is 0 Å². The quantitative estimate of drug-likeness (QED) is 0.735. The van der Waals surface area contributed by atoms with Gasteiger partial charge in [-0.2, -0.15) is 0 Å². The van der Waals surface area contributed by atoms with Crippen molar-refractivity contribution in [3.63, 3.8) is 0 Å². The Labute approximate surface area is 114 Å². The van der Waals surface area contributed by atoms with Gasteiger partial charge in [0, 0.05) is 11.0 Å². The minimum absolute atomic E-state index is 0.346. The molecule has 2 heteroatoms. The first-order chi connectivity index (χ1) is 8.11. The molecular weight excluding hydrogens is 274 g/mol. The average Bonchev–Trinajstić information content (AvgIpc) is 2.33. The van der Waals surface area contributed by atoms with Gasteiger partial charge in [0.05, 0.1) is 0 Å². The van der Waals surface area contributed by atoms with Crippen molar-refractivity contribution >= 4 is 15.9 Å². The molecule has 17 heavy (non-hydrogen) atoms. The van der Waals surface area contributed by atoms with Crippen LogP contribution in [0, 0.1) is 5.41 Å². The van der Waals surface area contributed by atoms with Gasteiger partial charge in [-0.25, -0.2) is 0 Å². The van der Waals surface area contributed by atoms with Crippen LogP contribution in [0.25, 0.3) is 0 Å². The Morgan fingerprint density at radius 2 is 1.94 bits per heavy atom. The highest BCUT2D eigenvalue weighted by Gasteiger charge is 2.22. The van der Waals surface area contributed by atoms with Crippen LogP contribution < -0.4 is 5.32 Å². The van der Waals surface area contributed by atoms with Crippen LogP contribution in [-0.4, -0.2) is 13.1 Å². The van der Waals surface area contributed by atoms with Crippen LogP contribution in [0.5, 0.6) is 0 Å². The monoisotopic (exact) mass is 297 g/mol. The molecule has 1 N–H and O–H groups in total. The molecule has 0 bridgehead atoms. The van der Waals surface area contributed by atoms with Crippen molar-refractivity contribution in [2.45, 2.75) is 40.0 Å². The maximum absolute atomic E-state index is 3.64. The highest BCUT2D eigenvalue weighted by atomic mass is 79.9. The third-order valence-electron chi connectivity index (χ3n) is 3.41. The van der Waals surface area contributed by atoms with Crippen molar-refractivity contribution < 1.29 is 0 Å². The van der Waals surface area contributed by atoms with Crippen molar-refractivity contribution in [2.24, 2.45) is 5.41 Å². The minimum atomic E-state index is 0.346. The SMILES string of the molecule is CCCNCC(C)(CC)Cc1ccccc1Br. The van der Waals surface area contributed by atoms with Gasteiger partial charge in [0.15, 0.2) is 0 Å². The summed E-state index contributed by atoms with van der Waals surface area (Å²) in [5.41, 5.74) is 1.76. The maximum Gasteiger partial charge on any atom is 0.0207 e. The largest absolute Gasteiger partial charge is 0.316 e. The predicted octanol–water partition coefficient (Wildman–Crippen LogP) is 4.41. The van der Waals surface area contributed by atoms with Gasteiger partial charge in [-0.1, -0.05) is 54.9 Å². The summed E-state index contributed by atoms with van der Waals surface area (Å²) in [5, 5.41) is 3.55. The Bertz CT molecular complexity index is 337. The molecule has 0 saturated carbocycles. The fourth-order valence-electron chi connectivity index (χ4n) is 1.98. The molecule has 0 aliphatic heterocycles. The van der Waals surface area contributed by atoms with Crippen LogP contribution in [0.4, 0.5) is 0 Å². The number of benzene rings is 1. The van der Waals surface area contributed by atoms with Gasteiger partial charge in [0.1, 0.15) is 0 Å². The molecule has 0 aliphatic carbocycles. The van der Waals surface area contributed by atoms with Crippen LogP contribution in [0.2, 0.25) is 0 Å². The molecule has 1 rings (SSSR count). The zero-order valence-electron chi connectivity index (χ0n) is 11.2. The third kappa shape index (κ3) is 4.81. The van der Waals surface area contributed by atoms with Crippen LogP contribution in [-0.2, 0) is 6.42 Å². The molecule has 0 aliphatic rings. The first-order valence-corrected chi connectivity index (χ1v) is 7.34. The van der Waals surface area contributed by atoms with Crippen LogP contribution in [0.3, 0.4) is 0 Å². The lowest BCUT2D eigenvalue weighted by molar-refractivity contribution is 0.290. The standard InChI is InChI=1S/C15H24BrN/c1-4-10-17-12-15(3,5-2)11-13-8-6-7-9-14(13)16/h6-9,17H,4-5,10-12H2,1-3H3. The normalized spacial score (nSPS) is 14.6. The number of hydrogen-bond donors (Lipinski definition) is 1. The minimum Gasteiger partial charge on any atom is -0.316 e. The van der Waals surface area contributed by atoms with E-state index in [9.17, 15) is 0 Å². The second-order valence-electron chi connectivity index (χ2n) is 5.11. The van der Waals surface area contributed by atoms with Gasteiger partial charge < -0.3 is 5.32 Å². The Morgan fingerprint density at radius 1 is 1.24 bits per heavy atom. The van der Waals surface area contributed by atoms with E-state index in [4.69, 9.17) is 0 Å². The lowest BCUT2D eigenvalue weighted by Gasteiger charge is -2.29. The molecule has 0 amide bonds. The molecule has 0 heterocycles. The highest BCUT2D eigenvalue weighted by Crippen LogP contribution is 2.29. The summed E-state index contributed by atoms with van der Waals surface area (Å²) < 4.78 is 1.23. The Kier molecular flexibility index (Phi) is 6.21. The van der Waals surface area contributed by atoms with E-state index in [2.05, 4.69) is 66.3 Å².